The average molecular weight is 332 g/mol. The largest absolute Gasteiger partial charge is 0.368 e. The first kappa shape index (κ1) is 18.9. The van der Waals surface area contributed by atoms with Crippen LogP contribution >= 0.6 is 0 Å². The van der Waals surface area contributed by atoms with Crippen LogP contribution in [0.15, 0.2) is 24.3 Å². The number of carbonyl (C=O) groups is 1. The first-order chi connectivity index (χ1) is 11.4. The Bertz CT molecular complexity index is 544. The van der Waals surface area contributed by atoms with Crippen molar-refractivity contribution in [1.29, 1.82) is 0 Å². The van der Waals surface area contributed by atoms with Crippen molar-refractivity contribution in [3.63, 3.8) is 0 Å². The van der Waals surface area contributed by atoms with Crippen LogP contribution in [0, 0.1) is 17.8 Å². The monoisotopic (exact) mass is 332 g/mol. The number of rotatable bonds is 6. The van der Waals surface area contributed by atoms with E-state index in [0.717, 1.165) is 17.7 Å². The lowest BCUT2D eigenvalue weighted by molar-refractivity contribution is -0.128. The van der Waals surface area contributed by atoms with E-state index in [2.05, 4.69) is 20.8 Å². The van der Waals surface area contributed by atoms with Gasteiger partial charge in [-0.1, -0.05) is 39.3 Å². The molecule has 0 radical (unpaired) electrons. The van der Waals surface area contributed by atoms with Crippen LogP contribution in [0.2, 0.25) is 0 Å². The molecule has 1 aliphatic carbocycles. The smallest absolute Gasteiger partial charge is 0.252 e. The summed E-state index contributed by atoms with van der Waals surface area (Å²) in [4.78, 5) is 14.2. The molecule has 1 aromatic carbocycles. The molecule has 2 rings (SSSR count). The van der Waals surface area contributed by atoms with E-state index in [1.807, 2.05) is 24.3 Å². The van der Waals surface area contributed by atoms with E-state index in [4.69, 9.17) is 10.5 Å². The molecule has 0 aliphatic heterocycles. The number of nitrogens with two attached hydrogens (primary N) is 1. The van der Waals surface area contributed by atoms with Gasteiger partial charge in [0.25, 0.3) is 5.91 Å². The number of carbonyl (C=O) groups excluding carboxylic acids is 1. The molecule has 1 saturated carbocycles. The van der Waals surface area contributed by atoms with Gasteiger partial charge in [-0.3, -0.25) is 4.79 Å². The molecule has 1 aromatic rings. The maximum Gasteiger partial charge on any atom is 0.252 e. The zero-order valence-corrected chi connectivity index (χ0v) is 15.5. The Balaban J connectivity index is 1.95. The van der Waals surface area contributed by atoms with Crippen molar-refractivity contribution < 1.29 is 9.53 Å². The van der Waals surface area contributed by atoms with Crippen molar-refractivity contribution in [2.45, 2.75) is 52.7 Å². The second-order valence-corrected chi connectivity index (χ2v) is 7.50. The minimum atomic E-state index is -0.00935. The first-order valence-corrected chi connectivity index (χ1v) is 9.09. The zero-order valence-electron chi connectivity index (χ0n) is 15.5. The number of benzene rings is 1. The molecule has 0 heterocycles. The lowest BCUT2D eigenvalue weighted by Gasteiger charge is -2.37. The molecule has 1 amide bonds. The Hall–Kier alpha value is -1.39. The van der Waals surface area contributed by atoms with Gasteiger partial charge in [-0.2, -0.15) is 0 Å². The van der Waals surface area contributed by atoms with Gasteiger partial charge in [0.15, 0.2) is 0 Å². The van der Waals surface area contributed by atoms with Gasteiger partial charge in [0.2, 0.25) is 0 Å². The number of hydrogen-bond donors (Lipinski definition) is 1. The van der Waals surface area contributed by atoms with Gasteiger partial charge in [-0.05, 0) is 48.3 Å². The summed E-state index contributed by atoms with van der Waals surface area (Å²) >= 11 is 0. The molecule has 2 N–H and O–H groups in total. The van der Waals surface area contributed by atoms with Crippen molar-refractivity contribution in [2.24, 2.45) is 23.5 Å². The fraction of sp³-hybridized carbons (Fsp3) is 0.650. The third-order valence-corrected chi connectivity index (χ3v) is 5.29. The van der Waals surface area contributed by atoms with Crippen molar-refractivity contribution in [3.05, 3.63) is 29.8 Å². The molecule has 3 atom stereocenters. The standard InChI is InChI=1S/C20H32N2O2/c1-14(2)18-9-8-15(3)10-19(18)24-13-20(23)22(4)17-7-5-6-16(11-17)12-21/h5-7,11,14-15,18-19H,8-10,12-13,21H2,1-4H3/t15-,18+,19-/m1/s1. The van der Waals surface area contributed by atoms with Crippen LogP contribution < -0.4 is 10.6 Å². The van der Waals surface area contributed by atoms with E-state index in [9.17, 15) is 4.79 Å². The van der Waals surface area contributed by atoms with Crippen LogP contribution in [-0.4, -0.2) is 25.7 Å². The molecular weight excluding hydrogens is 300 g/mol. The molecule has 0 unspecified atom stereocenters. The highest BCUT2D eigenvalue weighted by Crippen LogP contribution is 2.35. The summed E-state index contributed by atoms with van der Waals surface area (Å²) in [6.07, 6.45) is 3.72. The molecule has 0 aromatic heterocycles. The van der Waals surface area contributed by atoms with Crippen LogP contribution in [0.5, 0.6) is 0 Å². The Morgan fingerprint density at radius 1 is 1.38 bits per heavy atom. The molecule has 24 heavy (non-hydrogen) atoms. The van der Waals surface area contributed by atoms with Crippen LogP contribution in [0.4, 0.5) is 5.69 Å². The minimum Gasteiger partial charge on any atom is -0.368 e. The van der Waals surface area contributed by atoms with Gasteiger partial charge in [-0.25, -0.2) is 0 Å². The first-order valence-electron chi connectivity index (χ1n) is 9.09. The van der Waals surface area contributed by atoms with Crippen LogP contribution in [0.25, 0.3) is 0 Å². The van der Waals surface area contributed by atoms with E-state index in [1.54, 1.807) is 11.9 Å². The molecule has 4 heteroatoms. The Morgan fingerprint density at radius 2 is 2.12 bits per heavy atom. The normalized spacial score (nSPS) is 24.2. The van der Waals surface area contributed by atoms with E-state index < -0.39 is 0 Å². The quantitative estimate of drug-likeness (QED) is 0.866. The highest BCUT2D eigenvalue weighted by Gasteiger charge is 2.32. The number of amides is 1. The number of hydrogen-bond acceptors (Lipinski definition) is 3. The van der Waals surface area contributed by atoms with E-state index in [0.29, 0.717) is 24.3 Å². The number of ether oxygens (including phenoxy) is 1. The summed E-state index contributed by atoms with van der Waals surface area (Å²) < 4.78 is 6.07. The van der Waals surface area contributed by atoms with Crippen molar-refractivity contribution >= 4 is 11.6 Å². The highest BCUT2D eigenvalue weighted by atomic mass is 16.5. The molecular formula is C20H32N2O2. The molecule has 4 nitrogen and oxygen atoms in total. The van der Waals surface area contributed by atoms with Gasteiger partial charge < -0.3 is 15.4 Å². The van der Waals surface area contributed by atoms with E-state index in [-0.39, 0.29) is 18.6 Å². The Labute approximate surface area is 146 Å². The number of nitrogens with zero attached hydrogens (tertiary/aromatic N) is 1. The summed E-state index contributed by atoms with van der Waals surface area (Å²) in [6, 6.07) is 7.78. The molecule has 0 bridgehead atoms. The second-order valence-electron chi connectivity index (χ2n) is 7.50. The maximum atomic E-state index is 12.5. The third-order valence-electron chi connectivity index (χ3n) is 5.29. The number of likely N-dealkylation sites (N-methyl/N-ethyl adjacent to an activating group) is 1. The average Bonchev–Trinajstić information content (AvgIpc) is 2.58. The molecule has 1 fully saturated rings. The van der Waals surface area contributed by atoms with E-state index in [1.165, 1.54) is 12.8 Å². The van der Waals surface area contributed by atoms with E-state index >= 15 is 0 Å². The molecule has 1 aliphatic rings. The van der Waals surface area contributed by atoms with Gasteiger partial charge in [-0.15, -0.1) is 0 Å². The van der Waals surface area contributed by atoms with Gasteiger partial charge >= 0.3 is 0 Å². The van der Waals surface area contributed by atoms with Crippen molar-refractivity contribution in [3.8, 4) is 0 Å². The summed E-state index contributed by atoms with van der Waals surface area (Å²) in [5.41, 5.74) is 7.57. The summed E-state index contributed by atoms with van der Waals surface area (Å²) in [5, 5.41) is 0. The van der Waals surface area contributed by atoms with Crippen molar-refractivity contribution in [2.75, 3.05) is 18.6 Å². The lowest BCUT2D eigenvalue weighted by atomic mass is 9.75. The topological polar surface area (TPSA) is 55.6 Å². The van der Waals surface area contributed by atoms with Crippen LogP contribution in [0.3, 0.4) is 0 Å². The third kappa shape index (κ3) is 4.81. The summed E-state index contributed by atoms with van der Waals surface area (Å²) in [5.74, 6) is 1.82. The Morgan fingerprint density at radius 3 is 2.79 bits per heavy atom. The van der Waals surface area contributed by atoms with Crippen LogP contribution in [0.1, 0.15) is 45.6 Å². The fourth-order valence-corrected chi connectivity index (χ4v) is 3.62. The summed E-state index contributed by atoms with van der Waals surface area (Å²) in [7, 11) is 1.80. The van der Waals surface area contributed by atoms with Crippen molar-refractivity contribution in [1.82, 2.24) is 0 Å². The number of anilines is 1. The molecule has 0 saturated heterocycles. The molecule has 134 valence electrons. The van der Waals surface area contributed by atoms with Gasteiger partial charge in [0.1, 0.15) is 6.61 Å². The highest BCUT2D eigenvalue weighted by molar-refractivity contribution is 5.93. The minimum absolute atomic E-state index is 0.00935. The maximum absolute atomic E-state index is 12.5. The predicted molar refractivity (Wildman–Crippen MR) is 98.8 cm³/mol. The predicted octanol–water partition coefficient (Wildman–Crippen LogP) is 3.59. The SMILES string of the molecule is CC(C)[C@@H]1CC[C@@H](C)C[C@H]1OCC(=O)N(C)c1cccc(CN)c1. The van der Waals surface area contributed by atoms with Crippen LogP contribution in [-0.2, 0) is 16.1 Å². The summed E-state index contributed by atoms with van der Waals surface area (Å²) in [6.45, 7) is 7.40. The molecule has 0 spiro atoms. The Kier molecular flexibility index (Phi) is 6.81. The van der Waals surface area contributed by atoms with Gasteiger partial charge in [0.05, 0.1) is 6.10 Å². The van der Waals surface area contributed by atoms with Gasteiger partial charge in [0, 0.05) is 19.3 Å². The lowest BCUT2D eigenvalue weighted by Crippen LogP contribution is -2.38. The second kappa shape index (κ2) is 8.63. The zero-order chi connectivity index (χ0) is 17.7. The fourth-order valence-electron chi connectivity index (χ4n) is 3.62.